The molecule has 0 fully saturated rings. The predicted octanol–water partition coefficient (Wildman–Crippen LogP) is 8.55. The summed E-state index contributed by atoms with van der Waals surface area (Å²) in [4.78, 5) is 27.5. The number of fused-ring (bicyclic) bond motifs is 1. The monoisotopic (exact) mass is 627 g/mol. The first-order chi connectivity index (χ1) is 20.0. The van der Waals surface area contributed by atoms with Crippen LogP contribution in [0, 0.1) is 10.8 Å². The van der Waals surface area contributed by atoms with Crippen molar-refractivity contribution in [3.63, 3.8) is 0 Å². The topological polar surface area (TPSA) is 64.6 Å². The number of hydrogen-bond acceptors (Lipinski definition) is 5. The molecule has 218 valence electrons. The Morgan fingerprint density at radius 2 is 1.45 bits per heavy atom. The van der Waals surface area contributed by atoms with E-state index in [4.69, 9.17) is 9.47 Å². The average Bonchev–Trinajstić information content (AvgIpc) is 2.90. The molecule has 1 N–H and O–H groups in total. The molecule has 3 aromatic carbocycles. The van der Waals surface area contributed by atoms with Crippen molar-refractivity contribution in [3.8, 4) is 11.5 Å². The molecule has 5 nitrogen and oxygen atoms in total. The third kappa shape index (κ3) is 5.30. The largest absolute Gasteiger partial charge is 0.490 e. The molecule has 0 atom stereocenters. The fourth-order valence-electron chi connectivity index (χ4n) is 6.95. The lowest BCUT2D eigenvalue weighted by atomic mass is 9.64. The van der Waals surface area contributed by atoms with Gasteiger partial charge in [0.1, 0.15) is 6.61 Å². The molecule has 6 rings (SSSR count). The van der Waals surface area contributed by atoms with Gasteiger partial charge in [-0.25, -0.2) is 0 Å². The van der Waals surface area contributed by atoms with Crippen LogP contribution in [0.3, 0.4) is 0 Å². The molecule has 2 aliphatic carbocycles. The van der Waals surface area contributed by atoms with Gasteiger partial charge < -0.3 is 14.8 Å². The minimum atomic E-state index is -0.439. The number of allylic oxidation sites excluding steroid dienone is 4. The molecule has 0 amide bonds. The van der Waals surface area contributed by atoms with Crippen molar-refractivity contribution >= 4 is 38.3 Å². The van der Waals surface area contributed by atoms with Gasteiger partial charge >= 0.3 is 0 Å². The summed E-state index contributed by atoms with van der Waals surface area (Å²) >= 11 is 3.78. The van der Waals surface area contributed by atoms with Crippen molar-refractivity contribution in [3.05, 3.63) is 92.7 Å². The Morgan fingerprint density at radius 3 is 2.10 bits per heavy atom. The van der Waals surface area contributed by atoms with E-state index in [1.807, 2.05) is 37.3 Å². The molecular weight excluding hydrogens is 590 g/mol. The van der Waals surface area contributed by atoms with E-state index in [0.29, 0.717) is 37.6 Å². The number of carbonyl (C=O) groups excluding carboxylic acids is 2. The Balaban J connectivity index is 1.44. The lowest BCUT2D eigenvalue weighted by Gasteiger charge is -2.44. The number of carbonyl (C=O) groups is 2. The quantitative estimate of drug-likeness (QED) is 0.296. The number of halogens is 1. The van der Waals surface area contributed by atoms with Crippen LogP contribution in [-0.2, 0) is 16.2 Å². The van der Waals surface area contributed by atoms with Crippen LogP contribution < -0.4 is 14.8 Å². The molecule has 42 heavy (non-hydrogen) atoms. The van der Waals surface area contributed by atoms with Gasteiger partial charge in [-0.2, -0.15) is 0 Å². The highest BCUT2D eigenvalue weighted by Crippen LogP contribution is 2.52. The van der Waals surface area contributed by atoms with Crippen molar-refractivity contribution in [1.29, 1.82) is 0 Å². The second-order valence-corrected chi connectivity index (χ2v) is 14.3. The summed E-state index contributed by atoms with van der Waals surface area (Å²) in [6, 6.07) is 18.5. The van der Waals surface area contributed by atoms with Gasteiger partial charge in [-0.15, -0.1) is 0 Å². The number of hydrogen-bond donors (Lipinski definition) is 1. The van der Waals surface area contributed by atoms with Crippen molar-refractivity contribution in [1.82, 2.24) is 5.32 Å². The average molecular weight is 629 g/mol. The van der Waals surface area contributed by atoms with E-state index >= 15 is 0 Å². The molecule has 3 aliphatic rings. The second-order valence-electron chi connectivity index (χ2n) is 13.4. The molecule has 0 saturated carbocycles. The molecule has 1 heterocycles. The second kappa shape index (κ2) is 10.7. The molecule has 0 radical (unpaired) electrons. The summed E-state index contributed by atoms with van der Waals surface area (Å²) < 4.78 is 13.3. The van der Waals surface area contributed by atoms with Gasteiger partial charge in [0.15, 0.2) is 23.1 Å². The van der Waals surface area contributed by atoms with E-state index < -0.39 is 5.92 Å². The van der Waals surface area contributed by atoms with Crippen molar-refractivity contribution < 1.29 is 19.1 Å². The van der Waals surface area contributed by atoms with Gasteiger partial charge in [0, 0.05) is 41.3 Å². The number of Topliss-reactive ketones (excluding diaryl/α,β-unsaturated/α-hetero) is 2. The van der Waals surface area contributed by atoms with E-state index in [0.717, 1.165) is 61.8 Å². The minimum absolute atomic E-state index is 0.105. The molecule has 0 unspecified atom stereocenters. The summed E-state index contributed by atoms with van der Waals surface area (Å²) in [5.41, 5.74) is 5.02. The van der Waals surface area contributed by atoms with Crippen LogP contribution in [0.2, 0.25) is 0 Å². The van der Waals surface area contributed by atoms with Gasteiger partial charge in [-0.1, -0.05) is 70.2 Å². The van der Waals surface area contributed by atoms with Crippen LogP contribution in [0.4, 0.5) is 0 Å². The summed E-state index contributed by atoms with van der Waals surface area (Å²) in [7, 11) is 0. The minimum Gasteiger partial charge on any atom is -0.490 e. The lowest BCUT2D eigenvalue weighted by Crippen LogP contribution is -2.42. The number of rotatable bonds is 6. The molecule has 0 spiro atoms. The van der Waals surface area contributed by atoms with Crippen molar-refractivity contribution in [2.75, 3.05) is 6.61 Å². The van der Waals surface area contributed by atoms with E-state index in [2.05, 4.69) is 73.2 Å². The van der Waals surface area contributed by atoms with Crippen LogP contribution >= 0.6 is 15.9 Å². The Kier molecular flexibility index (Phi) is 7.33. The standard InChI is InChI=1S/C36H38BrNO4/c1-6-41-30-15-23(14-25(37)34(30)42-20-22-12-9-11-21-10-7-8-13-24(21)22)31-32-26(16-35(2,3)18-28(32)39)38-27-17-36(4,5)19-29(40)33(27)31/h7-15,31,38H,6,16-20H2,1-5H3. The highest BCUT2D eigenvalue weighted by Gasteiger charge is 2.46. The Hall–Kier alpha value is -3.38. The number of benzene rings is 3. The van der Waals surface area contributed by atoms with Crippen LogP contribution in [0.5, 0.6) is 11.5 Å². The number of dihydropyridines is 1. The smallest absolute Gasteiger partial charge is 0.175 e. The van der Waals surface area contributed by atoms with Crippen LogP contribution in [0.1, 0.15) is 77.3 Å². The number of ether oxygens (including phenoxy) is 2. The highest BCUT2D eigenvalue weighted by atomic mass is 79.9. The van der Waals surface area contributed by atoms with Gasteiger partial charge in [-0.3, -0.25) is 9.59 Å². The number of nitrogens with one attached hydrogen (secondary N) is 1. The first kappa shape index (κ1) is 28.7. The maximum absolute atomic E-state index is 13.8. The van der Waals surface area contributed by atoms with Crippen LogP contribution in [-0.4, -0.2) is 18.2 Å². The maximum atomic E-state index is 13.8. The Morgan fingerprint density at radius 1 is 0.833 bits per heavy atom. The van der Waals surface area contributed by atoms with E-state index in [1.54, 1.807) is 0 Å². The predicted molar refractivity (Wildman–Crippen MR) is 170 cm³/mol. The van der Waals surface area contributed by atoms with Gasteiger partial charge in [-0.05, 0) is 80.6 Å². The van der Waals surface area contributed by atoms with Crippen LogP contribution in [0.25, 0.3) is 10.8 Å². The summed E-state index contributed by atoms with van der Waals surface area (Å²) in [6.07, 6.45) is 2.44. The molecule has 1 aliphatic heterocycles. The lowest BCUT2D eigenvalue weighted by molar-refractivity contribution is -0.119. The molecule has 0 aromatic heterocycles. The number of ketones is 2. The van der Waals surface area contributed by atoms with Gasteiger partial charge in [0.05, 0.1) is 11.1 Å². The Labute approximate surface area is 256 Å². The molecular formula is C36H38BrNO4. The summed E-state index contributed by atoms with van der Waals surface area (Å²) in [5.74, 6) is 0.975. The molecule has 0 saturated heterocycles. The van der Waals surface area contributed by atoms with E-state index in [9.17, 15) is 9.59 Å². The summed E-state index contributed by atoms with van der Waals surface area (Å²) in [6.45, 7) is 11.3. The van der Waals surface area contributed by atoms with E-state index in [-0.39, 0.29) is 22.4 Å². The van der Waals surface area contributed by atoms with Gasteiger partial charge in [0.25, 0.3) is 0 Å². The SMILES string of the molecule is CCOc1cc(C2C3=C(CC(C)(C)CC3=O)NC3=C2C(=O)CC(C)(C)C3)cc(Br)c1OCc1cccc2ccccc12. The fraction of sp³-hybridized carbons (Fsp3) is 0.389. The molecule has 6 heteroatoms. The fourth-order valence-corrected chi connectivity index (χ4v) is 7.52. The Bertz CT molecular complexity index is 1620. The third-order valence-corrected chi connectivity index (χ3v) is 9.23. The first-order valence-electron chi connectivity index (χ1n) is 14.8. The highest BCUT2D eigenvalue weighted by molar-refractivity contribution is 9.10. The van der Waals surface area contributed by atoms with Gasteiger partial charge in [0.2, 0.25) is 0 Å². The maximum Gasteiger partial charge on any atom is 0.175 e. The van der Waals surface area contributed by atoms with Crippen LogP contribution in [0.15, 0.2) is 81.6 Å². The zero-order valence-electron chi connectivity index (χ0n) is 25.0. The zero-order chi connectivity index (χ0) is 29.8. The summed E-state index contributed by atoms with van der Waals surface area (Å²) in [5, 5.41) is 5.91. The van der Waals surface area contributed by atoms with Crippen molar-refractivity contribution in [2.45, 2.75) is 72.8 Å². The third-order valence-electron chi connectivity index (χ3n) is 8.64. The first-order valence-corrected chi connectivity index (χ1v) is 15.6. The molecule has 3 aromatic rings. The zero-order valence-corrected chi connectivity index (χ0v) is 26.6. The van der Waals surface area contributed by atoms with Crippen molar-refractivity contribution in [2.24, 2.45) is 10.8 Å². The van der Waals surface area contributed by atoms with E-state index in [1.165, 1.54) is 0 Å². The normalized spacial score (nSPS) is 19.9. The molecule has 0 bridgehead atoms.